The van der Waals surface area contributed by atoms with Crippen LogP contribution in [0.25, 0.3) is 11.3 Å². The SMILES string of the molecule is N#Cc1cc(-c2ccc3c(c2)OCCO3)n(CCO)n1. The first-order chi connectivity index (χ1) is 9.81. The van der Waals surface area contributed by atoms with E-state index in [0.717, 1.165) is 11.3 Å². The molecule has 0 unspecified atom stereocenters. The maximum Gasteiger partial charge on any atom is 0.163 e. The number of ether oxygens (including phenoxy) is 2. The van der Waals surface area contributed by atoms with Crippen LogP contribution in [0.1, 0.15) is 5.69 Å². The fraction of sp³-hybridized carbons (Fsp3) is 0.286. The molecule has 3 rings (SSSR count). The van der Waals surface area contributed by atoms with E-state index in [1.54, 1.807) is 10.7 Å². The van der Waals surface area contributed by atoms with Crippen LogP contribution in [0.15, 0.2) is 24.3 Å². The Hall–Kier alpha value is -2.52. The van der Waals surface area contributed by atoms with Gasteiger partial charge in [0.05, 0.1) is 18.8 Å². The number of rotatable bonds is 3. The molecule has 1 aromatic heterocycles. The summed E-state index contributed by atoms with van der Waals surface area (Å²) in [5.74, 6) is 1.40. The third kappa shape index (κ3) is 2.19. The molecule has 0 aliphatic carbocycles. The van der Waals surface area contributed by atoms with Crippen LogP contribution in [0, 0.1) is 11.3 Å². The maximum absolute atomic E-state index is 9.08. The standard InChI is InChI=1S/C14H13N3O3/c15-9-11-8-12(17(16-11)3-4-18)10-1-2-13-14(7-10)20-6-5-19-13/h1-2,7-8,18H,3-6H2. The van der Waals surface area contributed by atoms with Crippen molar-refractivity contribution in [2.45, 2.75) is 6.54 Å². The lowest BCUT2D eigenvalue weighted by atomic mass is 10.1. The summed E-state index contributed by atoms with van der Waals surface area (Å²) in [6, 6.07) is 9.29. The monoisotopic (exact) mass is 271 g/mol. The highest BCUT2D eigenvalue weighted by Gasteiger charge is 2.15. The van der Waals surface area contributed by atoms with Gasteiger partial charge in [-0.2, -0.15) is 10.4 Å². The molecular formula is C14H13N3O3. The predicted octanol–water partition coefficient (Wildman–Crippen LogP) is 1.19. The van der Waals surface area contributed by atoms with Crippen molar-refractivity contribution in [3.05, 3.63) is 30.0 Å². The summed E-state index contributed by atoms with van der Waals surface area (Å²) in [7, 11) is 0. The minimum atomic E-state index is -0.0376. The minimum absolute atomic E-state index is 0.0376. The number of aliphatic hydroxyl groups excluding tert-OH is 1. The van der Waals surface area contributed by atoms with E-state index in [1.807, 2.05) is 24.3 Å². The second-order valence-electron chi connectivity index (χ2n) is 4.33. The fourth-order valence-corrected chi connectivity index (χ4v) is 2.17. The second kappa shape index (κ2) is 5.23. The molecule has 0 atom stereocenters. The molecule has 6 heteroatoms. The highest BCUT2D eigenvalue weighted by atomic mass is 16.6. The van der Waals surface area contributed by atoms with Gasteiger partial charge in [-0.3, -0.25) is 4.68 Å². The predicted molar refractivity (Wildman–Crippen MR) is 70.5 cm³/mol. The summed E-state index contributed by atoms with van der Waals surface area (Å²) in [5, 5.41) is 22.2. The Morgan fingerprint density at radius 3 is 2.80 bits per heavy atom. The number of nitriles is 1. The molecule has 1 aliphatic rings. The van der Waals surface area contributed by atoms with Gasteiger partial charge in [-0.15, -0.1) is 0 Å². The van der Waals surface area contributed by atoms with Crippen LogP contribution < -0.4 is 9.47 Å². The molecule has 0 bridgehead atoms. The van der Waals surface area contributed by atoms with Crippen LogP contribution in [0.5, 0.6) is 11.5 Å². The first-order valence-corrected chi connectivity index (χ1v) is 6.30. The van der Waals surface area contributed by atoms with E-state index in [0.29, 0.717) is 37.0 Å². The van der Waals surface area contributed by atoms with Crippen molar-refractivity contribution >= 4 is 0 Å². The molecule has 0 saturated heterocycles. The molecule has 0 spiro atoms. The average molecular weight is 271 g/mol. The maximum atomic E-state index is 9.08. The van der Waals surface area contributed by atoms with Gasteiger partial charge in [0.2, 0.25) is 0 Å². The lowest BCUT2D eigenvalue weighted by molar-refractivity contribution is 0.171. The summed E-state index contributed by atoms with van der Waals surface area (Å²) in [6.07, 6.45) is 0. The van der Waals surface area contributed by atoms with E-state index < -0.39 is 0 Å². The number of aromatic nitrogens is 2. The van der Waals surface area contributed by atoms with Gasteiger partial charge in [-0.05, 0) is 18.2 Å². The van der Waals surface area contributed by atoms with Gasteiger partial charge >= 0.3 is 0 Å². The van der Waals surface area contributed by atoms with Gasteiger partial charge in [-0.25, -0.2) is 0 Å². The van der Waals surface area contributed by atoms with Gasteiger partial charge in [0.25, 0.3) is 0 Å². The van der Waals surface area contributed by atoms with Crippen LogP contribution in [0.4, 0.5) is 0 Å². The molecule has 6 nitrogen and oxygen atoms in total. The third-order valence-corrected chi connectivity index (χ3v) is 3.04. The molecule has 0 amide bonds. The summed E-state index contributed by atoms with van der Waals surface area (Å²) in [5.41, 5.74) is 1.97. The Morgan fingerprint density at radius 2 is 2.05 bits per heavy atom. The largest absolute Gasteiger partial charge is 0.486 e. The number of fused-ring (bicyclic) bond motifs is 1. The van der Waals surface area contributed by atoms with Crippen LogP contribution in [-0.4, -0.2) is 34.7 Å². The summed E-state index contributed by atoms with van der Waals surface area (Å²) in [6.45, 7) is 1.37. The third-order valence-electron chi connectivity index (χ3n) is 3.04. The number of nitrogens with zero attached hydrogens (tertiary/aromatic N) is 3. The van der Waals surface area contributed by atoms with Crippen LogP contribution in [0.3, 0.4) is 0 Å². The van der Waals surface area contributed by atoms with E-state index in [-0.39, 0.29) is 6.61 Å². The number of hydrogen-bond acceptors (Lipinski definition) is 5. The molecule has 1 aliphatic heterocycles. The molecule has 0 radical (unpaired) electrons. The Labute approximate surface area is 115 Å². The Bertz CT molecular complexity index is 673. The van der Waals surface area contributed by atoms with E-state index in [4.69, 9.17) is 19.8 Å². The Balaban J connectivity index is 2.04. The van der Waals surface area contributed by atoms with Gasteiger partial charge < -0.3 is 14.6 Å². The molecule has 1 N–H and O–H groups in total. The van der Waals surface area contributed by atoms with E-state index in [1.165, 1.54) is 0 Å². The lowest BCUT2D eigenvalue weighted by Gasteiger charge is -2.19. The Morgan fingerprint density at radius 1 is 1.25 bits per heavy atom. The molecular weight excluding hydrogens is 258 g/mol. The molecule has 102 valence electrons. The van der Waals surface area contributed by atoms with Crippen LogP contribution >= 0.6 is 0 Å². The molecule has 20 heavy (non-hydrogen) atoms. The molecule has 0 fully saturated rings. The zero-order chi connectivity index (χ0) is 13.9. The Kier molecular flexibility index (Phi) is 3.27. The van der Waals surface area contributed by atoms with Crippen molar-refractivity contribution in [1.29, 1.82) is 5.26 Å². The smallest absolute Gasteiger partial charge is 0.163 e. The quantitative estimate of drug-likeness (QED) is 0.906. The van der Waals surface area contributed by atoms with Crippen molar-refractivity contribution in [3.8, 4) is 28.8 Å². The molecule has 2 aromatic rings. The van der Waals surface area contributed by atoms with Crippen LogP contribution in [-0.2, 0) is 6.54 Å². The summed E-state index contributed by atoms with van der Waals surface area (Å²) >= 11 is 0. The molecule has 1 aromatic carbocycles. The number of aliphatic hydroxyl groups is 1. The first kappa shape index (κ1) is 12.5. The van der Waals surface area contributed by atoms with Crippen molar-refractivity contribution < 1.29 is 14.6 Å². The number of hydrogen-bond donors (Lipinski definition) is 1. The normalized spacial score (nSPS) is 13.0. The first-order valence-electron chi connectivity index (χ1n) is 6.30. The van der Waals surface area contributed by atoms with Crippen LogP contribution in [0.2, 0.25) is 0 Å². The van der Waals surface area contributed by atoms with Gasteiger partial charge in [0.15, 0.2) is 17.2 Å². The van der Waals surface area contributed by atoms with Crippen molar-refractivity contribution in [1.82, 2.24) is 9.78 Å². The highest BCUT2D eigenvalue weighted by Crippen LogP contribution is 2.34. The van der Waals surface area contributed by atoms with Crippen molar-refractivity contribution in [2.24, 2.45) is 0 Å². The molecule has 0 saturated carbocycles. The van der Waals surface area contributed by atoms with E-state index in [9.17, 15) is 0 Å². The number of benzene rings is 1. The zero-order valence-electron chi connectivity index (χ0n) is 10.7. The van der Waals surface area contributed by atoms with Crippen molar-refractivity contribution in [2.75, 3.05) is 19.8 Å². The van der Waals surface area contributed by atoms with Gasteiger partial charge in [0, 0.05) is 11.6 Å². The molecule has 2 heterocycles. The topological polar surface area (TPSA) is 80.3 Å². The summed E-state index contributed by atoms with van der Waals surface area (Å²) < 4.78 is 12.6. The fourth-order valence-electron chi connectivity index (χ4n) is 2.17. The minimum Gasteiger partial charge on any atom is -0.486 e. The zero-order valence-corrected chi connectivity index (χ0v) is 10.7. The second-order valence-corrected chi connectivity index (χ2v) is 4.33. The van der Waals surface area contributed by atoms with E-state index >= 15 is 0 Å². The van der Waals surface area contributed by atoms with E-state index in [2.05, 4.69) is 5.10 Å². The van der Waals surface area contributed by atoms with Gasteiger partial charge in [0.1, 0.15) is 19.3 Å². The lowest BCUT2D eigenvalue weighted by Crippen LogP contribution is -2.15. The van der Waals surface area contributed by atoms with Gasteiger partial charge in [-0.1, -0.05) is 0 Å². The highest BCUT2D eigenvalue weighted by molar-refractivity contribution is 5.65. The van der Waals surface area contributed by atoms with Crippen molar-refractivity contribution in [3.63, 3.8) is 0 Å². The average Bonchev–Trinajstić information content (AvgIpc) is 2.90. The summed E-state index contributed by atoms with van der Waals surface area (Å²) in [4.78, 5) is 0.